The summed E-state index contributed by atoms with van der Waals surface area (Å²) in [5.74, 6) is 7.00. The van der Waals surface area contributed by atoms with Gasteiger partial charge in [0.1, 0.15) is 0 Å². The van der Waals surface area contributed by atoms with E-state index in [1.165, 1.54) is 0 Å². The zero-order valence-electron chi connectivity index (χ0n) is 4.17. The Kier molecular flexibility index (Phi) is 18.8. The largest absolute Gasteiger partial charge is 0.394 e. The van der Waals surface area contributed by atoms with E-state index in [0.717, 1.165) is 0 Å². The average Bonchev–Trinajstić information content (AvgIpc) is 1.72. The molecule has 0 saturated carbocycles. The molecule has 0 radical (unpaired) electrons. The van der Waals surface area contributed by atoms with Crippen molar-refractivity contribution in [2.45, 2.75) is 0 Å². The Morgan fingerprint density at radius 1 is 0.889 bits per heavy atom. The van der Waals surface area contributed by atoms with E-state index in [-0.39, 0.29) is 0 Å². The first-order chi connectivity index (χ1) is 4.00. The lowest BCUT2D eigenvalue weighted by Crippen LogP contribution is -1.89. The van der Waals surface area contributed by atoms with Crippen LogP contribution in [0, 0.1) is 0 Å². The molecular formula is H8N2O6S. The fourth-order valence-corrected chi connectivity index (χ4v) is 0. The molecule has 0 unspecified atom stereocenters. The molecule has 0 aliphatic rings. The molecule has 0 heterocycles. The van der Waals surface area contributed by atoms with Gasteiger partial charge in [-0.2, -0.15) is 8.42 Å². The van der Waals surface area contributed by atoms with Crippen LogP contribution in [0.4, 0.5) is 0 Å². The Hall–Kier alpha value is -0.290. The van der Waals surface area contributed by atoms with E-state index in [4.69, 9.17) is 27.9 Å². The van der Waals surface area contributed by atoms with Crippen molar-refractivity contribution in [1.82, 2.24) is 0 Å². The van der Waals surface area contributed by atoms with Gasteiger partial charge in [0.2, 0.25) is 0 Å². The average molecular weight is 164 g/mol. The van der Waals surface area contributed by atoms with Crippen LogP contribution < -0.4 is 11.8 Å². The maximum atomic E-state index is 8.74. The van der Waals surface area contributed by atoms with Gasteiger partial charge < -0.3 is 10.4 Å². The minimum Gasteiger partial charge on any atom is -0.320 e. The predicted molar refractivity (Wildman–Crippen MR) is 26.1 cm³/mol. The van der Waals surface area contributed by atoms with Crippen molar-refractivity contribution >= 4 is 10.4 Å². The maximum absolute atomic E-state index is 8.74. The minimum atomic E-state index is -4.67. The van der Waals surface area contributed by atoms with Crippen LogP contribution in [0.15, 0.2) is 0 Å². The van der Waals surface area contributed by atoms with Crippen molar-refractivity contribution < 1.29 is 27.9 Å². The van der Waals surface area contributed by atoms with Crippen LogP contribution in [0.25, 0.3) is 0 Å². The summed E-state index contributed by atoms with van der Waals surface area (Å²) in [6.07, 6.45) is 0. The van der Waals surface area contributed by atoms with Gasteiger partial charge in [-0.25, -0.2) is 11.8 Å². The van der Waals surface area contributed by atoms with Gasteiger partial charge in [0.15, 0.2) is 0 Å². The fourth-order valence-electron chi connectivity index (χ4n) is 0. The molecule has 0 atom stereocenters. The summed E-state index contributed by atoms with van der Waals surface area (Å²) in [5.41, 5.74) is 0. The van der Waals surface area contributed by atoms with Crippen LogP contribution in [0.5, 0.6) is 0 Å². The second-order valence-corrected chi connectivity index (χ2v) is 1.34. The summed E-state index contributed by atoms with van der Waals surface area (Å²) < 4.78 is 31.6. The zero-order chi connectivity index (χ0) is 8.50. The van der Waals surface area contributed by atoms with Crippen LogP contribution in [-0.4, -0.2) is 27.9 Å². The van der Waals surface area contributed by atoms with Crippen LogP contribution >= 0.6 is 0 Å². The first kappa shape index (κ1) is 15.9. The SMILES string of the molecule is NO.NO.O=S(=O)(O)O. The van der Waals surface area contributed by atoms with Gasteiger partial charge in [-0.15, -0.1) is 0 Å². The fraction of sp³-hybridized carbons (Fsp3) is 0. The molecule has 9 heteroatoms. The molecule has 0 aromatic carbocycles. The summed E-state index contributed by atoms with van der Waals surface area (Å²) in [6, 6.07) is 0. The molecule has 0 fully saturated rings. The molecule has 60 valence electrons. The lowest BCUT2D eigenvalue weighted by molar-refractivity contribution is 0.311. The topological polar surface area (TPSA) is 167 Å². The smallest absolute Gasteiger partial charge is 0.320 e. The quantitative estimate of drug-likeness (QED) is 0.177. The van der Waals surface area contributed by atoms with Crippen molar-refractivity contribution in [3.8, 4) is 0 Å². The van der Waals surface area contributed by atoms with Crippen LogP contribution in [0.1, 0.15) is 0 Å². The molecule has 0 spiro atoms. The van der Waals surface area contributed by atoms with Crippen molar-refractivity contribution in [1.29, 1.82) is 0 Å². The molecule has 8 nitrogen and oxygen atoms in total. The normalized spacial score (nSPS) is 7.78. The van der Waals surface area contributed by atoms with E-state index >= 15 is 0 Å². The Bertz CT molecular complexity index is 94.2. The summed E-state index contributed by atoms with van der Waals surface area (Å²) in [6.45, 7) is 0. The molecule has 0 aliphatic heterocycles. The summed E-state index contributed by atoms with van der Waals surface area (Å²) in [7, 11) is -4.67. The van der Waals surface area contributed by atoms with E-state index in [1.54, 1.807) is 0 Å². The molecule has 9 heavy (non-hydrogen) atoms. The number of nitrogens with two attached hydrogens (primary N) is 2. The van der Waals surface area contributed by atoms with E-state index in [9.17, 15) is 0 Å². The molecule has 0 aromatic heterocycles. The van der Waals surface area contributed by atoms with Crippen molar-refractivity contribution in [2.75, 3.05) is 0 Å². The van der Waals surface area contributed by atoms with E-state index < -0.39 is 10.4 Å². The summed E-state index contributed by atoms with van der Waals surface area (Å²) >= 11 is 0. The third-order valence-electron chi connectivity index (χ3n) is 0. The second-order valence-electron chi connectivity index (χ2n) is 0.448. The Balaban J connectivity index is -0.0000000771. The zero-order valence-corrected chi connectivity index (χ0v) is 4.98. The summed E-state index contributed by atoms with van der Waals surface area (Å²) in [4.78, 5) is 0. The standard InChI is InChI=1S/2H3NO.H2O4S/c2*1-2;1-5(2,3)4/h2*2H,1H2;(H2,1,2,3,4). The lowest BCUT2D eigenvalue weighted by atomic mass is 13.6. The highest BCUT2D eigenvalue weighted by Gasteiger charge is 1.84. The summed E-state index contributed by atoms with van der Waals surface area (Å²) in [5, 5.41) is 13.0. The maximum Gasteiger partial charge on any atom is 0.394 e. The molecule has 0 amide bonds. The first-order valence-corrected chi connectivity index (χ1v) is 2.61. The van der Waals surface area contributed by atoms with E-state index in [0.29, 0.717) is 0 Å². The highest BCUT2D eigenvalue weighted by molar-refractivity contribution is 7.79. The van der Waals surface area contributed by atoms with Gasteiger partial charge >= 0.3 is 10.4 Å². The number of hydrogen-bond donors (Lipinski definition) is 6. The van der Waals surface area contributed by atoms with Crippen molar-refractivity contribution in [3.63, 3.8) is 0 Å². The third-order valence-corrected chi connectivity index (χ3v) is 0. The first-order valence-electron chi connectivity index (χ1n) is 1.21. The van der Waals surface area contributed by atoms with Gasteiger partial charge in [-0.3, -0.25) is 9.11 Å². The Morgan fingerprint density at radius 3 is 0.889 bits per heavy atom. The number of rotatable bonds is 0. The highest BCUT2D eigenvalue weighted by atomic mass is 32.3. The molecule has 0 rings (SSSR count). The Morgan fingerprint density at radius 2 is 0.889 bits per heavy atom. The van der Waals surface area contributed by atoms with Crippen molar-refractivity contribution in [2.24, 2.45) is 11.8 Å². The van der Waals surface area contributed by atoms with Crippen molar-refractivity contribution in [3.05, 3.63) is 0 Å². The lowest BCUT2D eigenvalue weighted by Gasteiger charge is -1.68. The molecule has 0 saturated heterocycles. The van der Waals surface area contributed by atoms with Gasteiger partial charge in [-0.05, 0) is 0 Å². The van der Waals surface area contributed by atoms with Gasteiger partial charge in [0.05, 0.1) is 0 Å². The van der Waals surface area contributed by atoms with E-state index in [1.807, 2.05) is 0 Å². The third kappa shape index (κ3) is 2990. The molecule has 0 aromatic rings. The van der Waals surface area contributed by atoms with Gasteiger partial charge in [0.25, 0.3) is 0 Å². The monoisotopic (exact) mass is 164 g/mol. The second kappa shape index (κ2) is 10.6. The predicted octanol–water partition coefficient (Wildman–Crippen LogP) is -1.98. The Labute approximate surface area is 51.2 Å². The molecule has 0 bridgehead atoms. The highest BCUT2D eigenvalue weighted by Crippen LogP contribution is 1.59. The van der Waals surface area contributed by atoms with Crippen LogP contribution in [0.3, 0.4) is 0 Å². The van der Waals surface area contributed by atoms with E-state index in [2.05, 4.69) is 11.8 Å². The van der Waals surface area contributed by atoms with Crippen LogP contribution in [-0.2, 0) is 10.4 Å². The molecule has 8 N–H and O–H groups in total. The molecule has 0 aliphatic carbocycles. The molecular weight excluding hydrogens is 156 g/mol. The minimum absolute atomic E-state index is 3.50. The van der Waals surface area contributed by atoms with Gasteiger partial charge in [0, 0.05) is 0 Å². The number of hydrogen-bond acceptors (Lipinski definition) is 6. The van der Waals surface area contributed by atoms with Gasteiger partial charge in [-0.1, -0.05) is 0 Å². The van der Waals surface area contributed by atoms with Crippen LogP contribution in [0.2, 0.25) is 0 Å².